The average molecular weight is 338 g/mol. The van der Waals surface area contributed by atoms with Gasteiger partial charge < -0.3 is 4.74 Å². The van der Waals surface area contributed by atoms with Crippen LogP contribution in [0.15, 0.2) is 0 Å². The summed E-state index contributed by atoms with van der Waals surface area (Å²) in [6.45, 7) is 0. The average Bonchev–Trinajstić information content (AvgIpc) is 2.31. The highest BCUT2D eigenvalue weighted by molar-refractivity contribution is 7.86. The summed E-state index contributed by atoms with van der Waals surface area (Å²) >= 11 is 0. The van der Waals surface area contributed by atoms with E-state index in [-0.39, 0.29) is 25.7 Å². The minimum atomic E-state index is -4.15. The van der Waals surface area contributed by atoms with Gasteiger partial charge in [-0.05, 0) is 12.8 Å². The van der Waals surface area contributed by atoms with Crippen LogP contribution in [0, 0.1) is 24.7 Å². The zero-order chi connectivity index (χ0) is 16.5. The second kappa shape index (κ2) is 9.03. The van der Waals surface area contributed by atoms with Gasteiger partial charge in [-0.3, -0.25) is 9.11 Å². The molecule has 0 unspecified atom stereocenters. The SMILES string of the molecule is C#CC[C@H](CCS(=O)(=O)O)O[C@H](CC#C)CCS(=O)(=O)O. The fourth-order valence-electron chi connectivity index (χ4n) is 1.53. The lowest BCUT2D eigenvalue weighted by Gasteiger charge is -2.22. The lowest BCUT2D eigenvalue weighted by atomic mass is 10.1. The fraction of sp³-hybridized carbons (Fsp3) is 0.667. The second-order valence-corrected chi connectivity index (χ2v) is 7.49. The van der Waals surface area contributed by atoms with E-state index in [1.54, 1.807) is 0 Å². The van der Waals surface area contributed by atoms with Crippen LogP contribution >= 0.6 is 0 Å². The van der Waals surface area contributed by atoms with Gasteiger partial charge >= 0.3 is 0 Å². The molecule has 0 fully saturated rings. The Morgan fingerprint density at radius 1 is 0.857 bits per heavy atom. The molecule has 0 heterocycles. The molecule has 0 aromatic heterocycles. The number of ether oxygens (including phenoxy) is 1. The molecule has 0 amide bonds. The van der Waals surface area contributed by atoms with Crippen LogP contribution in [0.1, 0.15) is 25.7 Å². The molecule has 0 aromatic rings. The molecule has 21 heavy (non-hydrogen) atoms. The van der Waals surface area contributed by atoms with E-state index in [4.69, 9.17) is 26.7 Å². The van der Waals surface area contributed by atoms with Gasteiger partial charge in [-0.15, -0.1) is 24.7 Å². The van der Waals surface area contributed by atoms with E-state index in [9.17, 15) is 16.8 Å². The molecule has 9 heteroatoms. The van der Waals surface area contributed by atoms with Gasteiger partial charge in [0.1, 0.15) is 0 Å². The van der Waals surface area contributed by atoms with Gasteiger partial charge in [0.15, 0.2) is 0 Å². The van der Waals surface area contributed by atoms with Crippen LogP contribution in [0.5, 0.6) is 0 Å². The third-order valence-electron chi connectivity index (χ3n) is 2.47. The summed E-state index contributed by atoms with van der Waals surface area (Å²) < 4.78 is 65.7. The highest BCUT2D eigenvalue weighted by Crippen LogP contribution is 2.14. The molecule has 0 radical (unpaired) electrons. The lowest BCUT2D eigenvalue weighted by Crippen LogP contribution is -2.26. The van der Waals surface area contributed by atoms with E-state index in [2.05, 4.69) is 11.8 Å². The van der Waals surface area contributed by atoms with Crippen LogP contribution in [-0.2, 0) is 25.0 Å². The predicted molar refractivity (Wildman–Crippen MR) is 77.6 cm³/mol. The van der Waals surface area contributed by atoms with Crippen molar-refractivity contribution >= 4 is 20.2 Å². The summed E-state index contributed by atoms with van der Waals surface area (Å²) in [7, 11) is -8.29. The van der Waals surface area contributed by atoms with Gasteiger partial charge in [0.05, 0.1) is 23.7 Å². The summed E-state index contributed by atoms with van der Waals surface area (Å²) in [5.41, 5.74) is 0. The Morgan fingerprint density at radius 3 is 1.43 bits per heavy atom. The van der Waals surface area contributed by atoms with Gasteiger partial charge in [0.25, 0.3) is 20.2 Å². The topological polar surface area (TPSA) is 118 Å². The van der Waals surface area contributed by atoms with Gasteiger partial charge in [0, 0.05) is 12.8 Å². The normalized spacial score (nSPS) is 14.9. The van der Waals surface area contributed by atoms with Crippen LogP contribution in [0.3, 0.4) is 0 Å². The second-order valence-electron chi connectivity index (χ2n) is 4.35. The van der Waals surface area contributed by atoms with Crippen molar-refractivity contribution in [1.29, 1.82) is 0 Å². The molecular weight excluding hydrogens is 320 g/mol. The van der Waals surface area contributed by atoms with Crippen molar-refractivity contribution in [1.82, 2.24) is 0 Å². The van der Waals surface area contributed by atoms with E-state index in [1.165, 1.54) is 0 Å². The molecule has 0 spiro atoms. The maximum absolute atomic E-state index is 10.7. The molecule has 0 saturated carbocycles. The number of hydrogen-bond acceptors (Lipinski definition) is 5. The zero-order valence-electron chi connectivity index (χ0n) is 11.3. The Kier molecular flexibility index (Phi) is 8.55. The first-order chi connectivity index (χ1) is 9.57. The third-order valence-corrected chi connectivity index (χ3v) is 3.97. The number of rotatable bonds is 10. The van der Waals surface area contributed by atoms with Gasteiger partial charge in [0.2, 0.25) is 0 Å². The van der Waals surface area contributed by atoms with E-state index < -0.39 is 43.9 Å². The predicted octanol–water partition coefficient (Wildman–Crippen LogP) is 0.343. The molecule has 0 aromatic carbocycles. The van der Waals surface area contributed by atoms with Crippen molar-refractivity contribution in [2.75, 3.05) is 11.5 Å². The molecular formula is C12H18O7S2. The summed E-state index contributed by atoms with van der Waals surface area (Å²) in [5.74, 6) is 3.55. The smallest absolute Gasteiger partial charge is 0.264 e. The summed E-state index contributed by atoms with van der Waals surface area (Å²) in [5, 5.41) is 0. The van der Waals surface area contributed by atoms with Crippen molar-refractivity contribution in [3.8, 4) is 24.7 Å². The van der Waals surface area contributed by atoms with E-state index in [0.717, 1.165) is 0 Å². The molecule has 0 rings (SSSR count). The lowest BCUT2D eigenvalue weighted by molar-refractivity contribution is -0.00933. The molecule has 120 valence electrons. The Morgan fingerprint density at radius 2 is 1.19 bits per heavy atom. The molecule has 2 N–H and O–H groups in total. The minimum Gasteiger partial charge on any atom is -0.373 e. The highest BCUT2D eigenvalue weighted by Gasteiger charge is 2.20. The number of terminal acetylenes is 2. The molecule has 0 bridgehead atoms. The molecule has 0 aliphatic rings. The first-order valence-electron chi connectivity index (χ1n) is 6.00. The third kappa shape index (κ3) is 12.4. The Labute approximate surface area is 125 Å². The largest absolute Gasteiger partial charge is 0.373 e. The molecule has 0 aliphatic carbocycles. The van der Waals surface area contributed by atoms with Crippen molar-refractivity contribution in [2.45, 2.75) is 37.9 Å². The number of hydrogen-bond donors (Lipinski definition) is 2. The van der Waals surface area contributed by atoms with Crippen molar-refractivity contribution in [3.05, 3.63) is 0 Å². The molecule has 0 aliphatic heterocycles. The quantitative estimate of drug-likeness (QED) is 0.435. The summed E-state index contributed by atoms with van der Waals surface area (Å²) in [6.07, 6.45) is 9.00. The maximum Gasteiger partial charge on any atom is 0.264 e. The minimum absolute atomic E-state index is 0.0457. The van der Waals surface area contributed by atoms with Crippen LogP contribution in [0.4, 0.5) is 0 Å². The summed E-state index contributed by atoms with van der Waals surface area (Å²) in [4.78, 5) is 0. The fourth-order valence-corrected chi connectivity index (χ4v) is 2.65. The Balaban J connectivity index is 4.66. The maximum atomic E-state index is 10.7. The molecule has 0 saturated heterocycles. The van der Waals surface area contributed by atoms with Crippen LogP contribution in [0.2, 0.25) is 0 Å². The standard InChI is InChI=1S/C12H18O7S2/c1-3-5-11(7-9-20(13,14)15)19-12(6-4-2)8-10-21(16,17)18/h1-2,11-12H,5-10H2,(H,13,14,15)(H,16,17,18)/t11-,12-/m1/s1. The van der Waals surface area contributed by atoms with Crippen molar-refractivity contribution in [3.63, 3.8) is 0 Å². The van der Waals surface area contributed by atoms with E-state index in [1.807, 2.05) is 0 Å². The first kappa shape index (κ1) is 19.9. The highest BCUT2D eigenvalue weighted by atomic mass is 32.2. The van der Waals surface area contributed by atoms with Crippen LogP contribution in [-0.4, -0.2) is 49.7 Å². The van der Waals surface area contributed by atoms with Gasteiger partial charge in [-0.2, -0.15) is 16.8 Å². The monoisotopic (exact) mass is 338 g/mol. The van der Waals surface area contributed by atoms with Crippen molar-refractivity contribution in [2.24, 2.45) is 0 Å². The van der Waals surface area contributed by atoms with Gasteiger partial charge in [-0.25, -0.2) is 0 Å². The van der Waals surface area contributed by atoms with E-state index in [0.29, 0.717) is 0 Å². The Bertz CT molecular complexity index is 538. The van der Waals surface area contributed by atoms with Crippen molar-refractivity contribution < 1.29 is 30.7 Å². The van der Waals surface area contributed by atoms with Crippen LogP contribution < -0.4 is 0 Å². The van der Waals surface area contributed by atoms with Crippen LogP contribution in [0.25, 0.3) is 0 Å². The molecule has 7 nitrogen and oxygen atoms in total. The first-order valence-corrected chi connectivity index (χ1v) is 9.22. The van der Waals surface area contributed by atoms with E-state index >= 15 is 0 Å². The zero-order valence-corrected chi connectivity index (χ0v) is 12.9. The molecule has 2 atom stereocenters. The van der Waals surface area contributed by atoms with Gasteiger partial charge in [-0.1, -0.05) is 0 Å². The summed E-state index contributed by atoms with van der Waals surface area (Å²) in [6, 6.07) is 0. The Hall–Kier alpha value is -1.10.